The molecular weight excluding hydrogens is 291 g/mol. The van der Waals surface area contributed by atoms with Crippen LogP contribution in [-0.4, -0.2) is 35.8 Å². The Morgan fingerprint density at radius 3 is 2.91 bits per heavy atom. The summed E-state index contributed by atoms with van der Waals surface area (Å²) < 4.78 is 24.1. The number of anilines is 1. The lowest BCUT2D eigenvalue weighted by Crippen LogP contribution is -2.34. The van der Waals surface area contributed by atoms with Crippen LogP contribution in [0.25, 0.3) is 11.1 Å². The molecule has 0 radical (unpaired) electrons. The molecule has 1 unspecified atom stereocenters. The van der Waals surface area contributed by atoms with E-state index in [0.717, 1.165) is 12.8 Å². The van der Waals surface area contributed by atoms with Crippen LogP contribution in [0.15, 0.2) is 22.6 Å². The molecule has 2 N–H and O–H groups in total. The quantitative estimate of drug-likeness (QED) is 0.883. The standard InChI is InChI=1S/C15H17FN2O4/c16-11-2-1-3-12-13(11)22-15(18-12)17-8-10(14(19)20)9-4-6-21-7-5-9/h1-3,9-10H,4-8H2,(H,17,18)(H,19,20). The number of aliphatic carboxylic acids is 1. The van der Waals surface area contributed by atoms with Crippen LogP contribution >= 0.6 is 0 Å². The van der Waals surface area contributed by atoms with Gasteiger partial charge in [0.2, 0.25) is 0 Å². The van der Waals surface area contributed by atoms with Crippen molar-refractivity contribution in [2.45, 2.75) is 12.8 Å². The Labute approximate surface area is 126 Å². The van der Waals surface area contributed by atoms with Gasteiger partial charge in [0, 0.05) is 19.8 Å². The van der Waals surface area contributed by atoms with E-state index in [-0.39, 0.29) is 24.1 Å². The van der Waals surface area contributed by atoms with E-state index in [4.69, 9.17) is 9.15 Å². The molecule has 1 atom stereocenters. The molecule has 1 aromatic carbocycles. The van der Waals surface area contributed by atoms with Gasteiger partial charge in [0.1, 0.15) is 5.52 Å². The summed E-state index contributed by atoms with van der Waals surface area (Å²) in [5.74, 6) is -1.84. The van der Waals surface area contributed by atoms with Crippen LogP contribution in [0.5, 0.6) is 0 Å². The van der Waals surface area contributed by atoms with Crippen molar-refractivity contribution >= 4 is 23.1 Å². The second kappa shape index (κ2) is 6.31. The van der Waals surface area contributed by atoms with E-state index in [2.05, 4.69) is 10.3 Å². The molecule has 0 amide bonds. The molecule has 0 bridgehead atoms. The minimum Gasteiger partial charge on any atom is -0.481 e. The van der Waals surface area contributed by atoms with Crippen molar-refractivity contribution in [1.29, 1.82) is 0 Å². The van der Waals surface area contributed by atoms with Gasteiger partial charge in [0.05, 0.1) is 5.92 Å². The zero-order chi connectivity index (χ0) is 15.5. The van der Waals surface area contributed by atoms with Gasteiger partial charge in [0.25, 0.3) is 6.01 Å². The Kier molecular flexibility index (Phi) is 4.24. The molecule has 0 saturated carbocycles. The lowest BCUT2D eigenvalue weighted by molar-refractivity contribution is -0.144. The first-order valence-corrected chi connectivity index (χ1v) is 7.24. The fraction of sp³-hybridized carbons (Fsp3) is 0.467. The number of rotatable bonds is 5. The van der Waals surface area contributed by atoms with E-state index in [9.17, 15) is 14.3 Å². The number of aromatic nitrogens is 1. The number of carbonyl (C=O) groups is 1. The first-order chi connectivity index (χ1) is 10.6. The van der Waals surface area contributed by atoms with Crippen molar-refractivity contribution in [3.8, 4) is 0 Å². The smallest absolute Gasteiger partial charge is 0.308 e. The highest BCUT2D eigenvalue weighted by Crippen LogP contribution is 2.26. The van der Waals surface area contributed by atoms with Gasteiger partial charge in [-0.2, -0.15) is 4.98 Å². The summed E-state index contributed by atoms with van der Waals surface area (Å²) in [5, 5.41) is 12.3. The Morgan fingerprint density at radius 1 is 1.45 bits per heavy atom. The summed E-state index contributed by atoms with van der Waals surface area (Å²) in [5.41, 5.74) is 0.475. The Bertz CT molecular complexity index is 667. The molecule has 2 aromatic rings. The fourth-order valence-corrected chi connectivity index (χ4v) is 2.76. The van der Waals surface area contributed by atoms with Crippen molar-refractivity contribution in [1.82, 2.24) is 4.98 Å². The second-order valence-electron chi connectivity index (χ2n) is 5.38. The van der Waals surface area contributed by atoms with Gasteiger partial charge in [-0.1, -0.05) is 6.07 Å². The third kappa shape index (κ3) is 3.04. The number of nitrogens with zero attached hydrogens (tertiary/aromatic N) is 1. The maximum absolute atomic E-state index is 13.5. The van der Waals surface area contributed by atoms with Gasteiger partial charge in [-0.25, -0.2) is 4.39 Å². The summed E-state index contributed by atoms with van der Waals surface area (Å²) in [7, 11) is 0. The van der Waals surface area contributed by atoms with E-state index < -0.39 is 17.7 Å². The molecular formula is C15H17FN2O4. The van der Waals surface area contributed by atoms with Crippen molar-refractivity contribution in [2.24, 2.45) is 11.8 Å². The zero-order valence-corrected chi connectivity index (χ0v) is 11.9. The minimum atomic E-state index is -0.860. The van der Waals surface area contributed by atoms with E-state index >= 15 is 0 Å². The average Bonchev–Trinajstić information content (AvgIpc) is 2.93. The number of oxazole rings is 1. The number of carboxylic acids is 1. The van der Waals surface area contributed by atoms with E-state index in [1.54, 1.807) is 12.1 Å². The van der Waals surface area contributed by atoms with E-state index in [1.807, 2.05) is 0 Å². The molecule has 22 heavy (non-hydrogen) atoms. The molecule has 118 valence electrons. The summed E-state index contributed by atoms with van der Waals surface area (Å²) in [6.07, 6.45) is 1.45. The normalized spacial score (nSPS) is 17.5. The largest absolute Gasteiger partial charge is 0.481 e. The van der Waals surface area contributed by atoms with Crippen LogP contribution in [0.2, 0.25) is 0 Å². The van der Waals surface area contributed by atoms with Crippen molar-refractivity contribution in [3.05, 3.63) is 24.0 Å². The summed E-state index contributed by atoms with van der Waals surface area (Å²) in [6, 6.07) is 4.62. The predicted molar refractivity (Wildman–Crippen MR) is 77.1 cm³/mol. The molecule has 0 aliphatic carbocycles. The average molecular weight is 308 g/mol. The highest BCUT2D eigenvalue weighted by atomic mass is 19.1. The van der Waals surface area contributed by atoms with Crippen molar-refractivity contribution < 1.29 is 23.4 Å². The number of para-hydroxylation sites is 1. The first kappa shape index (κ1) is 14.8. The Balaban J connectivity index is 1.70. The van der Waals surface area contributed by atoms with Gasteiger partial charge < -0.3 is 19.6 Å². The number of nitrogens with one attached hydrogen (secondary N) is 1. The second-order valence-corrected chi connectivity index (χ2v) is 5.38. The number of ether oxygens (including phenoxy) is 1. The number of hydrogen-bond donors (Lipinski definition) is 2. The molecule has 1 aromatic heterocycles. The third-order valence-corrected chi connectivity index (χ3v) is 3.99. The maximum Gasteiger partial charge on any atom is 0.308 e. The SMILES string of the molecule is O=C(O)C(CNc1nc2cccc(F)c2o1)C1CCOCC1. The number of carboxylic acid groups (broad SMARTS) is 1. The number of hydrogen-bond acceptors (Lipinski definition) is 5. The van der Waals surface area contributed by atoms with Gasteiger partial charge >= 0.3 is 5.97 Å². The number of halogens is 1. The molecule has 1 aliphatic rings. The van der Waals surface area contributed by atoms with Crippen LogP contribution in [0.1, 0.15) is 12.8 Å². The fourth-order valence-electron chi connectivity index (χ4n) is 2.76. The zero-order valence-electron chi connectivity index (χ0n) is 11.9. The molecule has 0 spiro atoms. The Hall–Kier alpha value is -2.15. The summed E-state index contributed by atoms with van der Waals surface area (Å²) in [6.45, 7) is 1.36. The van der Waals surface area contributed by atoms with Gasteiger partial charge in [-0.3, -0.25) is 4.79 Å². The summed E-state index contributed by atoms with van der Waals surface area (Å²) >= 11 is 0. The van der Waals surface area contributed by atoms with E-state index in [0.29, 0.717) is 18.7 Å². The molecule has 2 heterocycles. The lowest BCUT2D eigenvalue weighted by atomic mass is 9.86. The van der Waals surface area contributed by atoms with Crippen LogP contribution in [0, 0.1) is 17.7 Å². The highest BCUT2D eigenvalue weighted by Gasteiger charge is 2.30. The molecule has 3 rings (SSSR count). The molecule has 1 aliphatic heterocycles. The van der Waals surface area contributed by atoms with Crippen molar-refractivity contribution in [3.63, 3.8) is 0 Å². The maximum atomic E-state index is 13.5. The minimum absolute atomic E-state index is 0.0554. The van der Waals surface area contributed by atoms with Crippen LogP contribution in [-0.2, 0) is 9.53 Å². The molecule has 1 fully saturated rings. The topological polar surface area (TPSA) is 84.6 Å². The van der Waals surface area contributed by atoms with Crippen LogP contribution in [0.3, 0.4) is 0 Å². The first-order valence-electron chi connectivity index (χ1n) is 7.24. The molecule has 1 saturated heterocycles. The van der Waals surface area contributed by atoms with Crippen LogP contribution in [0.4, 0.5) is 10.4 Å². The molecule has 7 heteroatoms. The van der Waals surface area contributed by atoms with Gasteiger partial charge in [-0.05, 0) is 30.9 Å². The monoisotopic (exact) mass is 308 g/mol. The molecule has 6 nitrogen and oxygen atoms in total. The lowest BCUT2D eigenvalue weighted by Gasteiger charge is -2.27. The van der Waals surface area contributed by atoms with Crippen LogP contribution < -0.4 is 5.32 Å². The van der Waals surface area contributed by atoms with Gasteiger partial charge in [0.15, 0.2) is 11.4 Å². The highest BCUT2D eigenvalue weighted by molar-refractivity contribution is 5.75. The van der Waals surface area contributed by atoms with Gasteiger partial charge in [-0.15, -0.1) is 0 Å². The van der Waals surface area contributed by atoms with E-state index in [1.165, 1.54) is 6.07 Å². The third-order valence-electron chi connectivity index (χ3n) is 3.99. The summed E-state index contributed by atoms with van der Waals surface area (Å²) in [4.78, 5) is 15.6. The predicted octanol–water partition coefficient (Wildman–Crippen LogP) is 2.51. The Morgan fingerprint density at radius 2 is 2.23 bits per heavy atom. The number of fused-ring (bicyclic) bond motifs is 1. The number of benzene rings is 1. The van der Waals surface area contributed by atoms with Crippen molar-refractivity contribution in [2.75, 3.05) is 25.1 Å².